The fourth-order valence-corrected chi connectivity index (χ4v) is 2.19. The molecule has 1 unspecified atom stereocenters. The minimum atomic E-state index is 0.328. The molecule has 1 aromatic rings. The van der Waals surface area contributed by atoms with Gasteiger partial charge in [-0.1, -0.05) is 13.8 Å². The molecule has 1 heterocycles. The van der Waals surface area contributed by atoms with E-state index in [2.05, 4.69) is 48.9 Å². The molecule has 0 aliphatic heterocycles. The summed E-state index contributed by atoms with van der Waals surface area (Å²) >= 11 is 0. The zero-order valence-corrected chi connectivity index (χ0v) is 11.3. The summed E-state index contributed by atoms with van der Waals surface area (Å²) in [7, 11) is 2.02. The lowest BCUT2D eigenvalue weighted by atomic mass is 9.82. The van der Waals surface area contributed by atoms with Gasteiger partial charge in [-0.15, -0.1) is 0 Å². The Labute approximate surface area is 99.2 Å². The summed E-state index contributed by atoms with van der Waals surface area (Å²) in [5.74, 6) is 0. The van der Waals surface area contributed by atoms with Gasteiger partial charge < -0.3 is 5.32 Å². The van der Waals surface area contributed by atoms with Gasteiger partial charge in [0.1, 0.15) is 0 Å². The minimum absolute atomic E-state index is 0.328. The van der Waals surface area contributed by atoms with Gasteiger partial charge in [0, 0.05) is 18.8 Å². The Balaban J connectivity index is 2.84. The number of nitrogens with one attached hydrogen (secondary N) is 1. The van der Waals surface area contributed by atoms with Gasteiger partial charge in [0.15, 0.2) is 0 Å². The summed E-state index contributed by atoms with van der Waals surface area (Å²) in [6.45, 7) is 10.8. The average Bonchev–Trinajstić information content (AvgIpc) is 2.59. The number of aromatic nitrogens is 2. The van der Waals surface area contributed by atoms with Crippen molar-refractivity contribution in [2.24, 2.45) is 5.41 Å². The maximum atomic E-state index is 4.50. The van der Waals surface area contributed by atoms with Crippen LogP contribution in [0, 0.1) is 12.3 Å². The second-order valence-electron chi connectivity index (χ2n) is 4.96. The SMILES string of the molecule is CCn1nc(C)cc1CC(C)(CC)CNC. The molecule has 1 N–H and O–H groups in total. The second kappa shape index (κ2) is 5.48. The predicted molar refractivity (Wildman–Crippen MR) is 68.7 cm³/mol. The van der Waals surface area contributed by atoms with Crippen molar-refractivity contribution >= 4 is 0 Å². The average molecular weight is 223 g/mol. The van der Waals surface area contributed by atoms with Crippen LogP contribution in [0.3, 0.4) is 0 Å². The molecule has 0 saturated carbocycles. The molecule has 0 bridgehead atoms. The van der Waals surface area contributed by atoms with Crippen LogP contribution in [-0.4, -0.2) is 23.4 Å². The van der Waals surface area contributed by atoms with Crippen LogP contribution < -0.4 is 5.32 Å². The zero-order valence-electron chi connectivity index (χ0n) is 11.3. The first-order valence-corrected chi connectivity index (χ1v) is 6.22. The van der Waals surface area contributed by atoms with Gasteiger partial charge in [-0.25, -0.2) is 0 Å². The van der Waals surface area contributed by atoms with Gasteiger partial charge in [-0.3, -0.25) is 4.68 Å². The van der Waals surface area contributed by atoms with Crippen molar-refractivity contribution in [3.05, 3.63) is 17.5 Å². The van der Waals surface area contributed by atoms with E-state index in [4.69, 9.17) is 0 Å². The van der Waals surface area contributed by atoms with E-state index in [1.807, 2.05) is 7.05 Å². The maximum absolute atomic E-state index is 4.50. The van der Waals surface area contributed by atoms with Crippen LogP contribution in [0.25, 0.3) is 0 Å². The lowest BCUT2D eigenvalue weighted by molar-refractivity contribution is 0.290. The zero-order chi connectivity index (χ0) is 12.2. The summed E-state index contributed by atoms with van der Waals surface area (Å²) in [4.78, 5) is 0. The van der Waals surface area contributed by atoms with Crippen LogP contribution in [-0.2, 0) is 13.0 Å². The highest BCUT2D eigenvalue weighted by Gasteiger charge is 2.23. The fraction of sp³-hybridized carbons (Fsp3) is 0.769. The highest BCUT2D eigenvalue weighted by Crippen LogP contribution is 2.26. The lowest BCUT2D eigenvalue weighted by Crippen LogP contribution is -2.32. The largest absolute Gasteiger partial charge is 0.319 e. The fourth-order valence-electron chi connectivity index (χ4n) is 2.19. The number of rotatable bonds is 6. The first kappa shape index (κ1) is 13.2. The molecular weight excluding hydrogens is 198 g/mol. The number of hydrogen-bond acceptors (Lipinski definition) is 2. The van der Waals surface area contributed by atoms with Crippen molar-refractivity contribution in [1.82, 2.24) is 15.1 Å². The van der Waals surface area contributed by atoms with Crippen LogP contribution in [0.15, 0.2) is 6.07 Å². The maximum Gasteiger partial charge on any atom is 0.0596 e. The minimum Gasteiger partial charge on any atom is -0.319 e. The Morgan fingerprint density at radius 1 is 1.44 bits per heavy atom. The van der Waals surface area contributed by atoms with Crippen LogP contribution in [0.2, 0.25) is 0 Å². The highest BCUT2D eigenvalue weighted by atomic mass is 15.3. The first-order valence-electron chi connectivity index (χ1n) is 6.22. The molecule has 1 rings (SSSR count). The van der Waals surface area contributed by atoms with Crippen LogP contribution in [0.5, 0.6) is 0 Å². The number of aryl methyl sites for hydroxylation is 2. The highest BCUT2D eigenvalue weighted by molar-refractivity contribution is 5.11. The van der Waals surface area contributed by atoms with E-state index in [1.165, 1.54) is 12.1 Å². The standard InChI is InChI=1S/C13H25N3/c1-6-13(4,10-14-5)9-12-8-11(3)15-16(12)7-2/h8,14H,6-7,9-10H2,1-5H3. The predicted octanol–water partition coefficient (Wildman–Crippen LogP) is 2.39. The molecule has 1 aromatic heterocycles. The molecule has 0 radical (unpaired) electrons. The van der Waals surface area contributed by atoms with Crippen LogP contribution in [0.1, 0.15) is 38.6 Å². The summed E-state index contributed by atoms with van der Waals surface area (Å²) < 4.78 is 2.12. The van der Waals surface area contributed by atoms with E-state index >= 15 is 0 Å². The molecule has 0 spiro atoms. The van der Waals surface area contributed by atoms with Crippen molar-refractivity contribution in [2.75, 3.05) is 13.6 Å². The molecule has 3 heteroatoms. The van der Waals surface area contributed by atoms with Gasteiger partial charge in [-0.2, -0.15) is 5.10 Å². The van der Waals surface area contributed by atoms with E-state index in [-0.39, 0.29) is 0 Å². The molecule has 0 fully saturated rings. The van der Waals surface area contributed by atoms with Gasteiger partial charge in [-0.05, 0) is 45.2 Å². The summed E-state index contributed by atoms with van der Waals surface area (Å²) in [5.41, 5.74) is 2.81. The Hall–Kier alpha value is -0.830. The van der Waals surface area contributed by atoms with Crippen LogP contribution in [0.4, 0.5) is 0 Å². The van der Waals surface area contributed by atoms with Gasteiger partial charge in [0.25, 0.3) is 0 Å². The Morgan fingerprint density at radius 3 is 2.62 bits per heavy atom. The van der Waals surface area contributed by atoms with Gasteiger partial charge in [0.2, 0.25) is 0 Å². The monoisotopic (exact) mass is 223 g/mol. The van der Waals surface area contributed by atoms with E-state index in [9.17, 15) is 0 Å². The third kappa shape index (κ3) is 3.08. The van der Waals surface area contributed by atoms with E-state index < -0.39 is 0 Å². The van der Waals surface area contributed by atoms with E-state index in [0.717, 1.165) is 25.2 Å². The molecule has 92 valence electrons. The van der Waals surface area contributed by atoms with Crippen molar-refractivity contribution in [1.29, 1.82) is 0 Å². The van der Waals surface area contributed by atoms with Crippen molar-refractivity contribution < 1.29 is 0 Å². The summed E-state index contributed by atoms with van der Waals surface area (Å²) in [6, 6.07) is 2.22. The third-order valence-corrected chi connectivity index (χ3v) is 3.35. The molecule has 0 amide bonds. The summed E-state index contributed by atoms with van der Waals surface area (Å²) in [6.07, 6.45) is 2.28. The molecule has 0 saturated heterocycles. The molecule has 3 nitrogen and oxygen atoms in total. The second-order valence-corrected chi connectivity index (χ2v) is 4.96. The molecule has 16 heavy (non-hydrogen) atoms. The Kier molecular flexibility index (Phi) is 4.54. The number of nitrogens with zero attached hydrogens (tertiary/aromatic N) is 2. The molecule has 0 aliphatic carbocycles. The Morgan fingerprint density at radius 2 is 2.12 bits per heavy atom. The van der Waals surface area contributed by atoms with Crippen molar-refractivity contribution in [3.63, 3.8) is 0 Å². The van der Waals surface area contributed by atoms with Crippen LogP contribution >= 0.6 is 0 Å². The van der Waals surface area contributed by atoms with Gasteiger partial charge in [0.05, 0.1) is 5.69 Å². The first-order chi connectivity index (χ1) is 7.54. The topological polar surface area (TPSA) is 29.9 Å². The third-order valence-electron chi connectivity index (χ3n) is 3.35. The normalized spacial score (nSPS) is 15.1. The summed E-state index contributed by atoms with van der Waals surface area (Å²) in [5, 5.41) is 7.80. The van der Waals surface area contributed by atoms with Crippen molar-refractivity contribution in [2.45, 2.75) is 47.1 Å². The Bertz CT molecular complexity index is 330. The smallest absolute Gasteiger partial charge is 0.0596 e. The van der Waals surface area contributed by atoms with E-state index in [1.54, 1.807) is 0 Å². The quantitative estimate of drug-likeness (QED) is 0.802. The van der Waals surface area contributed by atoms with E-state index in [0.29, 0.717) is 5.41 Å². The molecular formula is C13H25N3. The number of hydrogen-bond donors (Lipinski definition) is 1. The lowest BCUT2D eigenvalue weighted by Gasteiger charge is -2.28. The molecule has 0 aromatic carbocycles. The molecule has 1 atom stereocenters. The van der Waals surface area contributed by atoms with Crippen molar-refractivity contribution in [3.8, 4) is 0 Å². The van der Waals surface area contributed by atoms with Gasteiger partial charge >= 0.3 is 0 Å². The molecule has 0 aliphatic rings.